The molecule has 1 saturated carbocycles. The van der Waals surface area contributed by atoms with E-state index in [-0.39, 0.29) is 5.56 Å². The van der Waals surface area contributed by atoms with Crippen LogP contribution in [-0.2, 0) is 6.54 Å². The fraction of sp³-hybridized carbons (Fsp3) is 0.448. The zero-order valence-electron chi connectivity index (χ0n) is 22.7. The van der Waals surface area contributed by atoms with Crippen molar-refractivity contribution in [1.82, 2.24) is 24.2 Å². The highest BCUT2D eigenvalue weighted by atomic mass is 16.3. The second-order valence-electron chi connectivity index (χ2n) is 10.7. The fourth-order valence-electron chi connectivity index (χ4n) is 5.88. The smallest absolute Gasteiger partial charge is 0.278 e. The summed E-state index contributed by atoms with van der Waals surface area (Å²) >= 11 is 0. The molecular weight excluding hydrogens is 492 g/mol. The minimum absolute atomic E-state index is 0.180. The van der Waals surface area contributed by atoms with Crippen molar-refractivity contribution in [1.29, 1.82) is 0 Å². The lowest BCUT2D eigenvalue weighted by Gasteiger charge is -2.34. The molecule has 204 valence electrons. The number of allylic oxidation sites excluding steroid dienone is 1. The minimum Gasteiger partial charge on any atom is -0.384 e. The Bertz CT molecular complexity index is 1510. The first-order chi connectivity index (χ1) is 18.9. The first kappa shape index (κ1) is 25.5. The lowest BCUT2D eigenvalue weighted by atomic mass is 9.95. The van der Waals surface area contributed by atoms with Crippen LogP contribution in [0.4, 0.5) is 17.3 Å². The molecule has 1 aliphatic carbocycles. The van der Waals surface area contributed by atoms with Crippen molar-refractivity contribution in [3.8, 4) is 0 Å². The maximum atomic E-state index is 13.3. The van der Waals surface area contributed by atoms with Crippen LogP contribution in [0.5, 0.6) is 0 Å². The van der Waals surface area contributed by atoms with Gasteiger partial charge in [0.05, 0.1) is 12.3 Å². The minimum atomic E-state index is -0.922. The molecule has 0 spiro atoms. The Kier molecular flexibility index (Phi) is 6.60. The highest BCUT2D eigenvalue weighted by Crippen LogP contribution is 2.39. The zero-order chi connectivity index (χ0) is 27.1. The standard InChI is InChI=1S/C29H36N8O2/c1-4-14-36-27(38)23-19-30-28(31-21-7-9-22(10-8-21)35-17-15-34(3)16-18-35)33-26(23)37(36)24-11-6-20-12-13-29(39,5-2)25(20)32-24/h4,6-10,19,24,39H,1,5,11-18H2,2-3H3,(H,30,31,33). The summed E-state index contributed by atoms with van der Waals surface area (Å²) in [6, 6.07) is 8.28. The molecule has 2 unspecified atom stereocenters. The normalized spacial score (nSPS) is 23.5. The third-order valence-corrected chi connectivity index (χ3v) is 8.28. The second-order valence-corrected chi connectivity index (χ2v) is 10.7. The summed E-state index contributed by atoms with van der Waals surface area (Å²) in [6.07, 6.45) is 7.76. The number of hydrogen-bond acceptors (Lipinski definition) is 8. The number of aliphatic hydroxyl groups is 1. The van der Waals surface area contributed by atoms with Crippen LogP contribution in [0.15, 0.2) is 64.6 Å². The lowest BCUT2D eigenvalue weighted by Crippen LogP contribution is -2.44. The zero-order valence-corrected chi connectivity index (χ0v) is 22.7. The van der Waals surface area contributed by atoms with Gasteiger partial charge in [-0.1, -0.05) is 19.1 Å². The van der Waals surface area contributed by atoms with E-state index in [1.165, 1.54) is 5.69 Å². The molecule has 4 heterocycles. The number of nitrogens with one attached hydrogen (secondary N) is 1. The van der Waals surface area contributed by atoms with Crippen LogP contribution in [0.2, 0.25) is 0 Å². The number of hydrogen-bond donors (Lipinski definition) is 2. The van der Waals surface area contributed by atoms with E-state index in [1.54, 1.807) is 17.0 Å². The molecule has 2 N–H and O–H groups in total. The summed E-state index contributed by atoms with van der Waals surface area (Å²) in [5.41, 5.74) is 3.34. The molecule has 0 amide bonds. The summed E-state index contributed by atoms with van der Waals surface area (Å²) in [5.74, 6) is 0.407. The number of aromatic nitrogens is 4. The first-order valence-corrected chi connectivity index (χ1v) is 13.8. The van der Waals surface area contributed by atoms with Crippen LogP contribution in [-0.4, -0.2) is 73.9 Å². The highest BCUT2D eigenvalue weighted by Gasteiger charge is 2.41. The molecule has 1 aromatic carbocycles. The van der Waals surface area contributed by atoms with E-state index in [4.69, 9.17) is 9.98 Å². The van der Waals surface area contributed by atoms with Crippen LogP contribution in [0.1, 0.15) is 38.8 Å². The van der Waals surface area contributed by atoms with Gasteiger partial charge in [0.15, 0.2) is 5.65 Å². The van der Waals surface area contributed by atoms with Gasteiger partial charge >= 0.3 is 0 Å². The second kappa shape index (κ2) is 10.1. The van der Waals surface area contributed by atoms with Crippen molar-refractivity contribution >= 4 is 34.1 Å². The van der Waals surface area contributed by atoms with E-state index >= 15 is 0 Å². The Balaban J connectivity index is 1.33. The van der Waals surface area contributed by atoms with Gasteiger partial charge in [-0.05, 0) is 56.1 Å². The number of rotatable bonds is 7. The summed E-state index contributed by atoms with van der Waals surface area (Å²) in [5, 5.41) is 14.9. The third kappa shape index (κ3) is 4.57. The SMILES string of the molecule is C=CCn1c(=O)c2cnc(Nc3ccc(N4CCN(C)CC4)cc3)nc2n1C1CC=C2CCC(O)(CC)C2=N1. The molecule has 2 aliphatic heterocycles. The van der Waals surface area contributed by atoms with E-state index in [9.17, 15) is 9.90 Å². The molecular formula is C29H36N8O2. The number of dihydropyridines is 1. The maximum absolute atomic E-state index is 13.3. The number of benzene rings is 1. The largest absolute Gasteiger partial charge is 0.384 e. The van der Waals surface area contributed by atoms with Crippen LogP contribution in [0.3, 0.4) is 0 Å². The Morgan fingerprint density at radius 3 is 2.69 bits per heavy atom. The van der Waals surface area contributed by atoms with Crippen LogP contribution in [0.25, 0.3) is 11.0 Å². The van der Waals surface area contributed by atoms with Crippen molar-refractivity contribution in [3.63, 3.8) is 0 Å². The van der Waals surface area contributed by atoms with Gasteiger partial charge in [0.2, 0.25) is 5.95 Å². The molecule has 3 aromatic rings. The predicted octanol–water partition coefficient (Wildman–Crippen LogP) is 3.48. The average Bonchev–Trinajstić information content (AvgIpc) is 3.43. The van der Waals surface area contributed by atoms with Gasteiger partial charge in [0.1, 0.15) is 17.2 Å². The molecule has 0 bridgehead atoms. The van der Waals surface area contributed by atoms with Gasteiger partial charge in [0, 0.05) is 50.2 Å². The van der Waals surface area contributed by atoms with Gasteiger partial charge in [-0.25, -0.2) is 14.3 Å². The monoisotopic (exact) mass is 528 g/mol. The number of piperazine rings is 1. The quantitative estimate of drug-likeness (QED) is 0.453. The summed E-state index contributed by atoms with van der Waals surface area (Å²) < 4.78 is 3.46. The van der Waals surface area contributed by atoms with Crippen LogP contribution in [0, 0.1) is 0 Å². The molecule has 2 fully saturated rings. The van der Waals surface area contributed by atoms with Crippen molar-refractivity contribution in [2.24, 2.45) is 4.99 Å². The van der Waals surface area contributed by atoms with E-state index in [2.05, 4.69) is 51.9 Å². The Labute approximate surface area is 228 Å². The summed E-state index contributed by atoms with van der Waals surface area (Å²) in [7, 11) is 2.15. The Morgan fingerprint density at radius 1 is 1.21 bits per heavy atom. The molecule has 2 aromatic heterocycles. The van der Waals surface area contributed by atoms with Gasteiger partial charge in [-0.15, -0.1) is 6.58 Å². The number of anilines is 3. The molecule has 10 nitrogen and oxygen atoms in total. The summed E-state index contributed by atoms with van der Waals surface area (Å²) in [4.78, 5) is 32.3. The molecule has 2 atom stereocenters. The van der Waals surface area contributed by atoms with Crippen molar-refractivity contribution < 1.29 is 5.11 Å². The van der Waals surface area contributed by atoms with E-state index in [1.807, 2.05) is 23.7 Å². The molecule has 3 aliphatic rings. The van der Waals surface area contributed by atoms with E-state index in [0.717, 1.165) is 49.6 Å². The number of aliphatic imine (C=N–C) groups is 1. The lowest BCUT2D eigenvalue weighted by molar-refractivity contribution is 0.108. The number of fused-ring (bicyclic) bond motifs is 2. The van der Waals surface area contributed by atoms with Crippen molar-refractivity contribution in [2.75, 3.05) is 43.4 Å². The van der Waals surface area contributed by atoms with Gasteiger partial charge in [-0.3, -0.25) is 9.79 Å². The number of nitrogens with zero attached hydrogens (tertiary/aromatic N) is 7. The fourth-order valence-corrected chi connectivity index (χ4v) is 5.88. The van der Waals surface area contributed by atoms with Crippen molar-refractivity contribution in [3.05, 3.63) is 65.1 Å². The molecule has 1 saturated heterocycles. The van der Waals surface area contributed by atoms with Crippen LogP contribution < -0.4 is 15.8 Å². The van der Waals surface area contributed by atoms with Gasteiger partial charge in [0.25, 0.3) is 5.56 Å². The van der Waals surface area contributed by atoms with Crippen LogP contribution >= 0.6 is 0 Å². The Hall–Kier alpha value is -3.76. The average molecular weight is 529 g/mol. The van der Waals surface area contributed by atoms with Gasteiger partial charge < -0.3 is 20.2 Å². The number of likely N-dealkylation sites (N-methyl/N-ethyl adjacent to an activating group) is 1. The molecule has 0 radical (unpaired) electrons. The Morgan fingerprint density at radius 2 is 1.97 bits per heavy atom. The predicted molar refractivity (Wildman–Crippen MR) is 155 cm³/mol. The molecule has 39 heavy (non-hydrogen) atoms. The molecule has 6 rings (SSSR count). The van der Waals surface area contributed by atoms with E-state index < -0.39 is 11.8 Å². The maximum Gasteiger partial charge on any atom is 0.278 e. The van der Waals surface area contributed by atoms with Gasteiger partial charge in [-0.2, -0.15) is 4.98 Å². The topological polar surface area (TPSA) is 104 Å². The van der Waals surface area contributed by atoms with Crippen molar-refractivity contribution in [2.45, 2.75) is 50.9 Å². The third-order valence-electron chi connectivity index (χ3n) is 8.28. The van der Waals surface area contributed by atoms with E-state index in [0.29, 0.717) is 42.8 Å². The summed E-state index contributed by atoms with van der Waals surface area (Å²) in [6.45, 7) is 10.3. The molecule has 10 heteroatoms. The highest BCUT2D eigenvalue weighted by molar-refractivity contribution is 6.08. The first-order valence-electron chi connectivity index (χ1n) is 13.8.